The highest BCUT2D eigenvalue weighted by molar-refractivity contribution is 9.10. The summed E-state index contributed by atoms with van der Waals surface area (Å²) < 4.78 is 0.930. The Balaban J connectivity index is 1.73. The number of fused-ring (bicyclic) bond motifs is 1. The summed E-state index contributed by atoms with van der Waals surface area (Å²) in [7, 11) is 0. The molecule has 1 unspecified atom stereocenters. The highest BCUT2D eigenvalue weighted by Gasteiger charge is 2.37. The number of nitrogens with two attached hydrogens (primary N) is 1. The van der Waals surface area contributed by atoms with E-state index < -0.39 is 0 Å². The van der Waals surface area contributed by atoms with Crippen molar-refractivity contribution < 1.29 is 0 Å². The second-order valence-electron chi connectivity index (χ2n) is 5.20. The Kier molecular flexibility index (Phi) is 3.04. The normalized spacial score (nSPS) is 32.6. The van der Waals surface area contributed by atoms with Gasteiger partial charge in [-0.3, -0.25) is 0 Å². The van der Waals surface area contributed by atoms with Crippen molar-refractivity contribution in [3.8, 4) is 0 Å². The molecule has 2 aliphatic rings. The highest BCUT2D eigenvalue weighted by Crippen LogP contribution is 2.36. The molecule has 2 heterocycles. The number of anilines is 1. The van der Waals surface area contributed by atoms with Crippen LogP contribution in [0.3, 0.4) is 0 Å². The van der Waals surface area contributed by atoms with Crippen LogP contribution in [-0.4, -0.2) is 29.1 Å². The maximum absolute atomic E-state index is 6.04. The van der Waals surface area contributed by atoms with Gasteiger partial charge >= 0.3 is 0 Å². The first-order valence-corrected chi connectivity index (χ1v) is 7.00. The zero-order valence-corrected chi connectivity index (χ0v) is 11.3. The molecule has 17 heavy (non-hydrogen) atoms. The lowest BCUT2D eigenvalue weighted by molar-refractivity contribution is 0.271. The first-order valence-electron chi connectivity index (χ1n) is 6.20. The van der Waals surface area contributed by atoms with Crippen molar-refractivity contribution in [2.24, 2.45) is 17.6 Å². The Bertz CT molecular complexity index is 394. The Hall–Kier alpha value is -0.680. The number of aromatic nitrogens is 2. The summed E-state index contributed by atoms with van der Waals surface area (Å²) in [5.74, 6) is 2.39. The standard InChI is InChI=1S/C12H17BrN4/c13-10-4-15-12(16-5-10)17-6-8-1-2-11(14)3-9(8)7-17/h4-5,8-9,11H,1-3,6-7,14H2/t8-,9+,11?/m1/s1. The molecule has 0 bridgehead atoms. The van der Waals surface area contributed by atoms with Gasteiger partial charge in [0.25, 0.3) is 0 Å². The van der Waals surface area contributed by atoms with Crippen molar-refractivity contribution in [2.75, 3.05) is 18.0 Å². The fourth-order valence-electron chi connectivity index (χ4n) is 3.10. The van der Waals surface area contributed by atoms with Crippen molar-refractivity contribution in [3.63, 3.8) is 0 Å². The molecule has 3 rings (SSSR count). The second-order valence-corrected chi connectivity index (χ2v) is 6.12. The summed E-state index contributed by atoms with van der Waals surface area (Å²) in [4.78, 5) is 11.1. The largest absolute Gasteiger partial charge is 0.340 e. The molecule has 1 saturated carbocycles. The van der Waals surface area contributed by atoms with E-state index in [2.05, 4.69) is 30.8 Å². The smallest absolute Gasteiger partial charge is 0.225 e. The van der Waals surface area contributed by atoms with Gasteiger partial charge in [-0.2, -0.15) is 0 Å². The predicted molar refractivity (Wildman–Crippen MR) is 70.8 cm³/mol. The molecule has 1 saturated heterocycles. The number of nitrogens with zero attached hydrogens (tertiary/aromatic N) is 3. The highest BCUT2D eigenvalue weighted by atomic mass is 79.9. The molecule has 0 amide bonds. The van der Waals surface area contributed by atoms with Crippen LogP contribution >= 0.6 is 15.9 Å². The van der Waals surface area contributed by atoms with Crippen LogP contribution in [0.25, 0.3) is 0 Å². The quantitative estimate of drug-likeness (QED) is 0.859. The summed E-state index contributed by atoms with van der Waals surface area (Å²) in [5.41, 5.74) is 6.04. The fraction of sp³-hybridized carbons (Fsp3) is 0.667. The number of rotatable bonds is 1. The SMILES string of the molecule is NC1CC[C@@H]2CN(c3ncc(Br)cn3)C[C@@H]2C1. The number of hydrogen-bond acceptors (Lipinski definition) is 4. The molecule has 4 nitrogen and oxygen atoms in total. The molecule has 1 aliphatic heterocycles. The molecule has 0 spiro atoms. The third kappa shape index (κ3) is 2.31. The average molecular weight is 297 g/mol. The topological polar surface area (TPSA) is 55.0 Å². The first-order chi connectivity index (χ1) is 8.22. The molecule has 1 aliphatic carbocycles. The van der Waals surface area contributed by atoms with Crippen LogP contribution in [0, 0.1) is 11.8 Å². The van der Waals surface area contributed by atoms with E-state index in [0.717, 1.165) is 41.8 Å². The van der Waals surface area contributed by atoms with Gasteiger partial charge in [0.05, 0.1) is 4.47 Å². The molecule has 0 aromatic carbocycles. The van der Waals surface area contributed by atoms with Crippen molar-refractivity contribution >= 4 is 21.9 Å². The maximum Gasteiger partial charge on any atom is 0.225 e. The number of hydrogen-bond donors (Lipinski definition) is 1. The first kappa shape index (κ1) is 11.4. The Morgan fingerprint density at radius 1 is 1.18 bits per heavy atom. The Labute approximate surface area is 110 Å². The Morgan fingerprint density at radius 2 is 1.88 bits per heavy atom. The van der Waals surface area contributed by atoms with Gasteiger partial charge in [-0.25, -0.2) is 9.97 Å². The minimum Gasteiger partial charge on any atom is -0.340 e. The summed E-state index contributed by atoms with van der Waals surface area (Å²) in [6.45, 7) is 2.17. The van der Waals surface area contributed by atoms with Gasteiger partial charge in [-0.1, -0.05) is 0 Å². The molecular weight excluding hydrogens is 280 g/mol. The minimum atomic E-state index is 0.405. The van der Waals surface area contributed by atoms with Gasteiger partial charge < -0.3 is 10.6 Å². The van der Waals surface area contributed by atoms with Gasteiger partial charge in [-0.05, 0) is 47.0 Å². The average Bonchev–Trinajstić information content (AvgIpc) is 2.72. The molecule has 5 heteroatoms. The monoisotopic (exact) mass is 296 g/mol. The van der Waals surface area contributed by atoms with Gasteiger partial charge in [0.2, 0.25) is 5.95 Å². The lowest BCUT2D eigenvalue weighted by Crippen LogP contribution is -2.32. The molecule has 1 aromatic heterocycles. The van der Waals surface area contributed by atoms with E-state index in [1.165, 1.54) is 12.8 Å². The van der Waals surface area contributed by atoms with E-state index in [4.69, 9.17) is 5.73 Å². The van der Waals surface area contributed by atoms with E-state index in [1.54, 1.807) is 0 Å². The van der Waals surface area contributed by atoms with Crippen molar-refractivity contribution in [1.29, 1.82) is 0 Å². The van der Waals surface area contributed by atoms with E-state index in [0.29, 0.717) is 6.04 Å². The van der Waals surface area contributed by atoms with Crippen LogP contribution in [0.1, 0.15) is 19.3 Å². The fourth-order valence-corrected chi connectivity index (χ4v) is 3.30. The van der Waals surface area contributed by atoms with Crippen molar-refractivity contribution in [1.82, 2.24) is 9.97 Å². The number of halogens is 1. The van der Waals surface area contributed by atoms with Gasteiger partial charge in [0, 0.05) is 31.5 Å². The van der Waals surface area contributed by atoms with Crippen LogP contribution < -0.4 is 10.6 Å². The molecule has 2 fully saturated rings. The van der Waals surface area contributed by atoms with Gasteiger partial charge in [0.15, 0.2) is 0 Å². The summed E-state index contributed by atoms with van der Waals surface area (Å²) in [6, 6.07) is 0.405. The molecular formula is C12H17BrN4. The lowest BCUT2D eigenvalue weighted by Gasteiger charge is -2.27. The van der Waals surface area contributed by atoms with E-state index >= 15 is 0 Å². The van der Waals surface area contributed by atoms with Crippen molar-refractivity contribution in [3.05, 3.63) is 16.9 Å². The minimum absolute atomic E-state index is 0.405. The van der Waals surface area contributed by atoms with E-state index in [9.17, 15) is 0 Å². The zero-order valence-electron chi connectivity index (χ0n) is 9.72. The maximum atomic E-state index is 6.04. The third-order valence-corrected chi connectivity index (χ3v) is 4.39. The Morgan fingerprint density at radius 3 is 2.65 bits per heavy atom. The van der Waals surface area contributed by atoms with Gasteiger partial charge in [-0.15, -0.1) is 0 Å². The van der Waals surface area contributed by atoms with E-state index in [-0.39, 0.29) is 0 Å². The lowest BCUT2D eigenvalue weighted by atomic mass is 9.79. The second kappa shape index (κ2) is 4.53. The van der Waals surface area contributed by atoms with Crippen LogP contribution in [0.4, 0.5) is 5.95 Å². The summed E-state index contributed by atoms with van der Waals surface area (Å²) in [6.07, 6.45) is 7.23. The zero-order chi connectivity index (χ0) is 11.8. The van der Waals surface area contributed by atoms with Crippen LogP contribution in [0.2, 0.25) is 0 Å². The molecule has 3 atom stereocenters. The van der Waals surface area contributed by atoms with E-state index in [1.807, 2.05) is 12.4 Å². The molecule has 2 N–H and O–H groups in total. The predicted octanol–water partition coefficient (Wildman–Crippen LogP) is 1.80. The van der Waals surface area contributed by atoms with Crippen molar-refractivity contribution in [2.45, 2.75) is 25.3 Å². The summed E-state index contributed by atoms with van der Waals surface area (Å²) in [5, 5.41) is 0. The van der Waals surface area contributed by atoms with Crippen LogP contribution in [0.5, 0.6) is 0 Å². The van der Waals surface area contributed by atoms with Gasteiger partial charge in [0.1, 0.15) is 0 Å². The van der Waals surface area contributed by atoms with Crippen LogP contribution in [0.15, 0.2) is 16.9 Å². The molecule has 0 radical (unpaired) electrons. The molecule has 1 aromatic rings. The van der Waals surface area contributed by atoms with Crippen LogP contribution in [-0.2, 0) is 0 Å². The third-order valence-electron chi connectivity index (χ3n) is 3.98. The molecule has 92 valence electrons. The summed E-state index contributed by atoms with van der Waals surface area (Å²) >= 11 is 3.36.